The summed E-state index contributed by atoms with van der Waals surface area (Å²) in [6.07, 6.45) is -4.51. The molecule has 4 rings (SSSR count). The van der Waals surface area contributed by atoms with E-state index in [0.29, 0.717) is 11.3 Å². The van der Waals surface area contributed by atoms with Crippen molar-refractivity contribution in [1.82, 2.24) is 0 Å². The van der Waals surface area contributed by atoms with Crippen molar-refractivity contribution in [2.45, 2.75) is 17.6 Å². The maximum Gasteiger partial charge on any atom is 0.416 e. The molecule has 0 spiro atoms. The number of alkyl halides is 3. The molecule has 0 saturated heterocycles. The van der Waals surface area contributed by atoms with Gasteiger partial charge in [-0.05, 0) is 66.2 Å². The summed E-state index contributed by atoms with van der Waals surface area (Å²) in [7, 11) is -2.69. The molecule has 4 aromatic rings. The second-order valence-electron chi connectivity index (χ2n) is 8.22. The first-order valence-electron chi connectivity index (χ1n) is 11.4. The maximum atomic E-state index is 13.8. The lowest BCUT2D eigenvalue weighted by Gasteiger charge is -2.26. The van der Waals surface area contributed by atoms with E-state index in [2.05, 4.69) is 5.32 Å². The zero-order chi connectivity index (χ0) is 27.3. The first-order chi connectivity index (χ1) is 18.1. The van der Waals surface area contributed by atoms with Crippen LogP contribution in [0.25, 0.3) is 0 Å². The fourth-order valence-corrected chi connectivity index (χ4v) is 5.22. The third-order valence-corrected chi connectivity index (χ3v) is 7.48. The number of benzene rings is 4. The van der Waals surface area contributed by atoms with Crippen LogP contribution in [-0.4, -0.2) is 21.4 Å². The van der Waals surface area contributed by atoms with Crippen molar-refractivity contribution in [2.24, 2.45) is 0 Å². The SMILES string of the molecule is COc1ccc(S(=O)(=O)N(Cc2ccccc2)c2ccccc2C(=O)Nc2ccc(C(F)(F)F)cc2)cc1. The highest BCUT2D eigenvalue weighted by atomic mass is 32.2. The predicted octanol–water partition coefficient (Wildman–Crippen LogP) is 6.36. The molecule has 1 amide bonds. The molecule has 1 N–H and O–H groups in total. The van der Waals surface area contributed by atoms with Crippen LogP contribution in [0.5, 0.6) is 5.75 Å². The third kappa shape index (κ3) is 5.97. The Morgan fingerprint density at radius 2 is 1.45 bits per heavy atom. The second-order valence-corrected chi connectivity index (χ2v) is 10.1. The van der Waals surface area contributed by atoms with Crippen molar-refractivity contribution < 1.29 is 31.1 Å². The van der Waals surface area contributed by atoms with Gasteiger partial charge in [0, 0.05) is 5.69 Å². The Hall–Kier alpha value is -4.31. The van der Waals surface area contributed by atoms with Crippen molar-refractivity contribution in [1.29, 1.82) is 0 Å². The lowest BCUT2D eigenvalue weighted by atomic mass is 10.1. The molecule has 0 radical (unpaired) electrons. The van der Waals surface area contributed by atoms with Crippen LogP contribution in [0.15, 0.2) is 108 Å². The van der Waals surface area contributed by atoms with Crippen LogP contribution in [0.4, 0.5) is 24.5 Å². The van der Waals surface area contributed by atoms with Crippen molar-refractivity contribution >= 4 is 27.3 Å². The monoisotopic (exact) mass is 540 g/mol. The minimum Gasteiger partial charge on any atom is -0.497 e. The van der Waals surface area contributed by atoms with Crippen LogP contribution in [0.3, 0.4) is 0 Å². The highest BCUT2D eigenvalue weighted by Gasteiger charge is 2.31. The Labute approximate surface area is 218 Å². The Morgan fingerprint density at radius 3 is 2.05 bits per heavy atom. The van der Waals surface area contributed by atoms with E-state index in [9.17, 15) is 26.4 Å². The zero-order valence-corrected chi connectivity index (χ0v) is 21.0. The van der Waals surface area contributed by atoms with E-state index in [-0.39, 0.29) is 28.4 Å². The van der Waals surface area contributed by atoms with Crippen molar-refractivity contribution in [2.75, 3.05) is 16.7 Å². The molecule has 38 heavy (non-hydrogen) atoms. The molecule has 10 heteroatoms. The quantitative estimate of drug-likeness (QED) is 0.282. The largest absolute Gasteiger partial charge is 0.497 e. The fraction of sp³-hybridized carbons (Fsp3) is 0.107. The molecule has 0 fully saturated rings. The third-order valence-electron chi connectivity index (χ3n) is 5.70. The number of carbonyl (C=O) groups is 1. The van der Waals surface area contributed by atoms with Gasteiger partial charge in [-0.2, -0.15) is 13.2 Å². The molecule has 0 aliphatic heterocycles. The zero-order valence-electron chi connectivity index (χ0n) is 20.1. The lowest BCUT2D eigenvalue weighted by Crippen LogP contribution is -2.32. The van der Waals surface area contributed by atoms with Gasteiger partial charge in [0.25, 0.3) is 15.9 Å². The molecule has 4 aromatic carbocycles. The average molecular weight is 541 g/mol. The van der Waals surface area contributed by atoms with Gasteiger partial charge >= 0.3 is 6.18 Å². The number of hydrogen-bond donors (Lipinski definition) is 1. The number of hydrogen-bond acceptors (Lipinski definition) is 4. The number of para-hydroxylation sites is 1. The van der Waals surface area contributed by atoms with Gasteiger partial charge in [-0.15, -0.1) is 0 Å². The number of nitrogens with one attached hydrogen (secondary N) is 1. The number of rotatable bonds is 8. The standard InChI is InChI=1S/C28H23F3N2O4S/c1-37-23-15-17-24(18-16-23)38(35,36)33(19-20-7-3-2-4-8-20)26-10-6-5-9-25(26)27(34)32-22-13-11-21(12-14-22)28(29,30)31/h2-18H,19H2,1H3,(H,32,34). The van der Waals surface area contributed by atoms with Crippen molar-refractivity contribution in [3.05, 3.63) is 120 Å². The van der Waals surface area contributed by atoms with Gasteiger partial charge in [0.1, 0.15) is 5.75 Å². The summed E-state index contributed by atoms with van der Waals surface area (Å²) in [6.45, 7) is -0.0697. The first kappa shape index (κ1) is 26.7. The highest BCUT2D eigenvalue weighted by Crippen LogP contribution is 2.32. The molecular weight excluding hydrogens is 517 g/mol. The van der Waals surface area contributed by atoms with E-state index in [4.69, 9.17) is 4.74 Å². The van der Waals surface area contributed by atoms with E-state index in [1.165, 1.54) is 43.5 Å². The fourth-order valence-electron chi connectivity index (χ4n) is 3.75. The number of anilines is 2. The summed E-state index contributed by atoms with van der Waals surface area (Å²) >= 11 is 0. The number of ether oxygens (including phenoxy) is 1. The molecule has 0 aromatic heterocycles. The number of amides is 1. The van der Waals surface area contributed by atoms with Crippen LogP contribution in [0.2, 0.25) is 0 Å². The van der Waals surface area contributed by atoms with Gasteiger partial charge in [-0.1, -0.05) is 42.5 Å². The molecule has 0 bridgehead atoms. The van der Waals surface area contributed by atoms with E-state index >= 15 is 0 Å². The number of carbonyl (C=O) groups excluding carboxylic acids is 1. The topological polar surface area (TPSA) is 75.7 Å². The predicted molar refractivity (Wildman–Crippen MR) is 139 cm³/mol. The number of sulfonamides is 1. The highest BCUT2D eigenvalue weighted by molar-refractivity contribution is 7.92. The Balaban J connectivity index is 1.73. The summed E-state index contributed by atoms with van der Waals surface area (Å²) < 4.78 is 72.7. The van der Waals surface area contributed by atoms with Crippen LogP contribution in [0, 0.1) is 0 Å². The van der Waals surface area contributed by atoms with Gasteiger partial charge < -0.3 is 10.1 Å². The summed E-state index contributed by atoms with van der Waals surface area (Å²) in [5.74, 6) is -0.196. The molecule has 0 heterocycles. The molecular formula is C28H23F3N2O4S. The van der Waals surface area contributed by atoms with E-state index in [1.807, 2.05) is 0 Å². The molecule has 0 saturated carbocycles. The number of halogens is 3. The Kier molecular flexibility index (Phi) is 7.72. The molecule has 0 atom stereocenters. The summed E-state index contributed by atoms with van der Waals surface area (Å²) in [4.78, 5) is 13.2. The number of nitrogens with zero attached hydrogens (tertiary/aromatic N) is 1. The Morgan fingerprint density at radius 1 is 0.842 bits per heavy atom. The second kappa shape index (κ2) is 11.0. The van der Waals surface area contributed by atoms with Gasteiger partial charge in [-0.3, -0.25) is 9.10 Å². The van der Waals surface area contributed by atoms with Crippen LogP contribution in [0.1, 0.15) is 21.5 Å². The average Bonchev–Trinajstić information content (AvgIpc) is 2.92. The normalized spacial score (nSPS) is 11.6. The molecule has 0 unspecified atom stereocenters. The van der Waals surface area contributed by atoms with E-state index < -0.39 is 27.7 Å². The molecule has 196 valence electrons. The van der Waals surface area contributed by atoms with Gasteiger partial charge in [-0.25, -0.2) is 8.42 Å². The summed E-state index contributed by atoms with van der Waals surface area (Å²) in [6, 6.07) is 24.9. The van der Waals surface area contributed by atoms with E-state index in [0.717, 1.165) is 28.6 Å². The van der Waals surface area contributed by atoms with Crippen LogP contribution in [-0.2, 0) is 22.7 Å². The number of methoxy groups -OCH3 is 1. The van der Waals surface area contributed by atoms with E-state index in [1.54, 1.807) is 42.5 Å². The van der Waals surface area contributed by atoms with Crippen LogP contribution < -0.4 is 14.4 Å². The molecule has 0 aliphatic carbocycles. The first-order valence-corrected chi connectivity index (χ1v) is 12.8. The maximum absolute atomic E-state index is 13.8. The Bertz CT molecular complexity index is 1510. The molecule has 0 aliphatic rings. The van der Waals surface area contributed by atoms with Gasteiger partial charge in [0.05, 0.1) is 35.4 Å². The van der Waals surface area contributed by atoms with Crippen LogP contribution >= 0.6 is 0 Å². The lowest BCUT2D eigenvalue weighted by molar-refractivity contribution is -0.137. The summed E-state index contributed by atoms with van der Waals surface area (Å²) in [5, 5.41) is 2.56. The molecule has 6 nitrogen and oxygen atoms in total. The van der Waals surface area contributed by atoms with Gasteiger partial charge in [0.15, 0.2) is 0 Å². The van der Waals surface area contributed by atoms with Crippen molar-refractivity contribution in [3.63, 3.8) is 0 Å². The van der Waals surface area contributed by atoms with Crippen molar-refractivity contribution in [3.8, 4) is 5.75 Å². The summed E-state index contributed by atoms with van der Waals surface area (Å²) in [5.41, 5.74) is 0.0977. The minimum absolute atomic E-state index is 0.00724. The minimum atomic E-state index is -4.51. The smallest absolute Gasteiger partial charge is 0.416 e. The van der Waals surface area contributed by atoms with Gasteiger partial charge in [0.2, 0.25) is 0 Å².